The van der Waals surface area contributed by atoms with Gasteiger partial charge in [-0.15, -0.1) is 0 Å². The van der Waals surface area contributed by atoms with Crippen molar-refractivity contribution in [3.63, 3.8) is 0 Å². The maximum atomic E-state index is 9.38. The van der Waals surface area contributed by atoms with E-state index in [1.165, 1.54) is 0 Å². The number of nitrogens with zero attached hydrogens (tertiary/aromatic N) is 1. The van der Waals surface area contributed by atoms with Gasteiger partial charge in [-0.1, -0.05) is 0 Å². The van der Waals surface area contributed by atoms with Crippen molar-refractivity contribution >= 4 is 0 Å². The lowest BCUT2D eigenvalue weighted by molar-refractivity contribution is 0.127. The average molecular weight is 176 g/mol. The third kappa shape index (κ3) is 6.54. The zero-order valence-electron chi connectivity index (χ0n) is 8.12. The molecule has 0 spiro atoms. The van der Waals surface area contributed by atoms with E-state index in [-0.39, 0.29) is 18.8 Å². The monoisotopic (exact) mass is 176 g/mol. The molecule has 0 aliphatic rings. The summed E-state index contributed by atoms with van der Waals surface area (Å²) in [6.45, 7) is 3.15. The Morgan fingerprint density at radius 1 is 1.42 bits per heavy atom. The van der Waals surface area contributed by atoms with Crippen LogP contribution in [0.5, 0.6) is 0 Å². The molecule has 0 saturated heterocycles. The van der Waals surface area contributed by atoms with E-state index in [1.807, 2.05) is 25.9 Å². The number of aliphatic hydroxyl groups excluding tert-OH is 2. The second kappa shape index (κ2) is 6.37. The van der Waals surface area contributed by atoms with Crippen molar-refractivity contribution in [3.8, 4) is 0 Å². The minimum atomic E-state index is -0.367. The Morgan fingerprint density at radius 2 is 2.00 bits per heavy atom. The van der Waals surface area contributed by atoms with Crippen LogP contribution >= 0.6 is 0 Å². The summed E-state index contributed by atoms with van der Waals surface area (Å²) in [6.07, 6.45) is -0.367. The SMILES string of the molecule is CC(CO)NCC(O)CN(C)C. The lowest BCUT2D eigenvalue weighted by atomic mass is 10.3. The fourth-order valence-corrected chi connectivity index (χ4v) is 0.888. The minimum absolute atomic E-state index is 0.0572. The van der Waals surface area contributed by atoms with E-state index in [0.29, 0.717) is 13.1 Å². The maximum Gasteiger partial charge on any atom is 0.0791 e. The van der Waals surface area contributed by atoms with Gasteiger partial charge in [0.15, 0.2) is 0 Å². The van der Waals surface area contributed by atoms with Gasteiger partial charge in [0.05, 0.1) is 12.7 Å². The summed E-state index contributed by atoms with van der Waals surface area (Å²) in [6, 6.07) is 0.0572. The summed E-state index contributed by atoms with van der Waals surface area (Å²) < 4.78 is 0. The second-order valence-corrected chi connectivity index (χ2v) is 3.41. The van der Waals surface area contributed by atoms with E-state index in [4.69, 9.17) is 5.11 Å². The predicted molar refractivity (Wildman–Crippen MR) is 49.1 cm³/mol. The largest absolute Gasteiger partial charge is 0.395 e. The van der Waals surface area contributed by atoms with Gasteiger partial charge in [-0.05, 0) is 21.0 Å². The summed E-state index contributed by atoms with van der Waals surface area (Å²) in [5.41, 5.74) is 0. The summed E-state index contributed by atoms with van der Waals surface area (Å²) in [7, 11) is 3.83. The number of nitrogens with one attached hydrogen (secondary N) is 1. The van der Waals surface area contributed by atoms with Crippen LogP contribution in [0, 0.1) is 0 Å². The van der Waals surface area contributed by atoms with Crippen LogP contribution < -0.4 is 5.32 Å². The molecular formula is C8H20N2O2. The zero-order valence-corrected chi connectivity index (χ0v) is 8.12. The van der Waals surface area contributed by atoms with E-state index in [0.717, 1.165) is 0 Å². The predicted octanol–water partition coefficient (Wildman–Crippen LogP) is -1.12. The number of likely N-dealkylation sites (N-methyl/N-ethyl adjacent to an activating group) is 1. The van der Waals surface area contributed by atoms with Crippen LogP contribution in [-0.4, -0.2) is 61.1 Å². The molecule has 0 aliphatic heterocycles. The molecule has 4 nitrogen and oxygen atoms in total. The fourth-order valence-electron chi connectivity index (χ4n) is 0.888. The molecule has 2 atom stereocenters. The molecule has 0 heterocycles. The summed E-state index contributed by atoms with van der Waals surface area (Å²) in [4.78, 5) is 1.93. The van der Waals surface area contributed by atoms with E-state index in [2.05, 4.69) is 5.32 Å². The molecule has 12 heavy (non-hydrogen) atoms. The molecule has 0 aromatic heterocycles. The first-order chi connectivity index (χ1) is 5.56. The Hall–Kier alpha value is -0.160. The Balaban J connectivity index is 3.36. The molecule has 0 aromatic carbocycles. The molecule has 74 valence electrons. The molecule has 4 heteroatoms. The summed E-state index contributed by atoms with van der Waals surface area (Å²) >= 11 is 0. The first-order valence-electron chi connectivity index (χ1n) is 4.23. The van der Waals surface area contributed by atoms with E-state index in [1.54, 1.807) is 0 Å². The van der Waals surface area contributed by atoms with Gasteiger partial charge in [-0.25, -0.2) is 0 Å². The smallest absolute Gasteiger partial charge is 0.0791 e. The summed E-state index contributed by atoms with van der Waals surface area (Å²) in [5, 5.41) is 21.1. The van der Waals surface area contributed by atoms with Crippen LogP contribution in [0.15, 0.2) is 0 Å². The van der Waals surface area contributed by atoms with Crippen molar-refractivity contribution in [1.82, 2.24) is 10.2 Å². The molecule has 0 aromatic rings. The van der Waals surface area contributed by atoms with Crippen molar-refractivity contribution in [2.24, 2.45) is 0 Å². The molecule has 0 bridgehead atoms. The Morgan fingerprint density at radius 3 is 2.42 bits per heavy atom. The molecule has 0 amide bonds. The first kappa shape index (κ1) is 11.8. The molecular weight excluding hydrogens is 156 g/mol. The number of rotatable bonds is 6. The lowest BCUT2D eigenvalue weighted by Gasteiger charge is -2.18. The minimum Gasteiger partial charge on any atom is -0.395 e. The molecule has 0 radical (unpaired) electrons. The standard InChI is InChI=1S/C8H20N2O2/c1-7(6-11)9-4-8(12)5-10(2)3/h7-9,11-12H,4-6H2,1-3H3. The number of hydrogen-bond donors (Lipinski definition) is 3. The molecule has 0 fully saturated rings. The molecule has 3 N–H and O–H groups in total. The van der Waals surface area contributed by atoms with Crippen LogP contribution in [0.25, 0.3) is 0 Å². The Bertz CT molecular complexity index is 109. The van der Waals surface area contributed by atoms with Crippen LogP contribution in [0.3, 0.4) is 0 Å². The molecule has 0 rings (SSSR count). The Labute approximate surface area is 74.2 Å². The number of aliphatic hydroxyl groups is 2. The van der Waals surface area contributed by atoms with E-state index in [9.17, 15) is 5.11 Å². The zero-order chi connectivity index (χ0) is 9.56. The molecule has 0 saturated carbocycles. The average Bonchev–Trinajstić information content (AvgIpc) is 1.99. The number of hydrogen-bond acceptors (Lipinski definition) is 4. The topological polar surface area (TPSA) is 55.7 Å². The second-order valence-electron chi connectivity index (χ2n) is 3.41. The van der Waals surface area contributed by atoms with Crippen molar-refractivity contribution in [2.75, 3.05) is 33.8 Å². The van der Waals surface area contributed by atoms with Crippen molar-refractivity contribution in [1.29, 1.82) is 0 Å². The highest BCUT2D eigenvalue weighted by Gasteiger charge is 2.06. The third-order valence-electron chi connectivity index (χ3n) is 1.55. The van der Waals surface area contributed by atoms with Gasteiger partial charge in [-0.2, -0.15) is 0 Å². The highest BCUT2D eigenvalue weighted by atomic mass is 16.3. The van der Waals surface area contributed by atoms with Gasteiger partial charge >= 0.3 is 0 Å². The Kier molecular flexibility index (Phi) is 6.28. The van der Waals surface area contributed by atoms with Crippen molar-refractivity contribution in [3.05, 3.63) is 0 Å². The third-order valence-corrected chi connectivity index (χ3v) is 1.55. The molecule has 0 aliphatic carbocycles. The highest BCUT2D eigenvalue weighted by Crippen LogP contribution is 1.86. The van der Waals surface area contributed by atoms with Crippen LogP contribution in [0.1, 0.15) is 6.92 Å². The van der Waals surface area contributed by atoms with Gasteiger partial charge in [0.2, 0.25) is 0 Å². The van der Waals surface area contributed by atoms with Gasteiger partial charge < -0.3 is 20.4 Å². The normalized spacial score (nSPS) is 16.5. The maximum absolute atomic E-state index is 9.38. The molecule has 2 unspecified atom stereocenters. The van der Waals surface area contributed by atoms with E-state index < -0.39 is 0 Å². The van der Waals surface area contributed by atoms with Gasteiger partial charge in [-0.3, -0.25) is 0 Å². The van der Waals surface area contributed by atoms with Crippen LogP contribution in [-0.2, 0) is 0 Å². The van der Waals surface area contributed by atoms with Crippen molar-refractivity contribution < 1.29 is 10.2 Å². The van der Waals surface area contributed by atoms with Crippen molar-refractivity contribution in [2.45, 2.75) is 19.1 Å². The quantitative estimate of drug-likeness (QED) is 0.480. The van der Waals surface area contributed by atoms with Crippen LogP contribution in [0.4, 0.5) is 0 Å². The van der Waals surface area contributed by atoms with Gasteiger partial charge in [0.1, 0.15) is 0 Å². The van der Waals surface area contributed by atoms with E-state index >= 15 is 0 Å². The fraction of sp³-hybridized carbons (Fsp3) is 1.00. The van der Waals surface area contributed by atoms with Gasteiger partial charge in [0.25, 0.3) is 0 Å². The van der Waals surface area contributed by atoms with Crippen LogP contribution in [0.2, 0.25) is 0 Å². The van der Waals surface area contributed by atoms with Gasteiger partial charge in [0, 0.05) is 19.1 Å². The highest BCUT2D eigenvalue weighted by molar-refractivity contribution is 4.65. The summed E-state index contributed by atoms with van der Waals surface area (Å²) in [5.74, 6) is 0. The first-order valence-corrected chi connectivity index (χ1v) is 4.23. The lowest BCUT2D eigenvalue weighted by Crippen LogP contribution is -2.39.